The number of carbonyl (C=O) groups is 1. The summed E-state index contributed by atoms with van der Waals surface area (Å²) in [6.07, 6.45) is 5.63. The lowest BCUT2D eigenvalue weighted by atomic mass is 10.1. The number of carboxylic acids is 1. The van der Waals surface area contributed by atoms with Gasteiger partial charge in [0.1, 0.15) is 28.2 Å². The van der Waals surface area contributed by atoms with Crippen molar-refractivity contribution in [3.63, 3.8) is 0 Å². The van der Waals surface area contributed by atoms with E-state index in [1.807, 2.05) is 0 Å². The molecule has 2 rings (SSSR count). The molecule has 1 N–H and O–H groups in total. The third-order valence-corrected chi connectivity index (χ3v) is 3.58. The Morgan fingerprint density at radius 2 is 2.00 bits per heavy atom. The van der Waals surface area contributed by atoms with E-state index in [9.17, 15) is 9.59 Å². The molecule has 0 aliphatic heterocycles. The van der Waals surface area contributed by atoms with E-state index in [4.69, 9.17) is 19.0 Å². The molecule has 0 saturated carbocycles. The molecule has 0 aliphatic rings. The number of carboxylic acid groups (broad SMARTS) is 1. The number of ether oxygens (including phenoxy) is 2. The second-order valence-corrected chi connectivity index (χ2v) is 5.27. The van der Waals surface area contributed by atoms with Gasteiger partial charge >= 0.3 is 5.97 Å². The van der Waals surface area contributed by atoms with Crippen molar-refractivity contribution in [1.29, 1.82) is 0 Å². The zero-order valence-electron chi connectivity index (χ0n) is 13.7. The minimum atomic E-state index is -0.946. The molecular weight excluding hydrogens is 312 g/mol. The van der Waals surface area contributed by atoms with Crippen LogP contribution in [0.4, 0.5) is 0 Å². The molecule has 24 heavy (non-hydrogen) atoms. The lowest BCUT2D eigenvalue weighted by Crippen LogP contribution is -2.04. The molecule has 2 aromatic rings. The summed E-state index contributed by atoms with van der Waals surface area (Å²) in [7, 11) is 3.03. The minimum Gasteiger partial charge on any atom is -0.496 e. The number of unbranched alkanes of at least 4 members (excludes halogenated alkanes) is 2. The summed E-state index contributed by atoms with van der Waals surface area (Å²) in [6, 6.07) is 4.79. The second kappa shape index (κ2) is 8.19. The molecule has 128 valence electrons. The summed E-state index contributed by atoms with van der Waals surface area (Å²) >= 11 is 0. The van der Waals surface area contributed by atoms with Crippen LogP contribution in [-0.2, 0) is 11.2 Å². The number of benzene rings is 1. The molecule has 0 aliphatic carbocycles. The molecule has 1 heterocycles. The molecule has 0 spiro atoms. The van der Waals surface area contributed by atoms with Gasteiger partial charge in [0.2, 0.25) is 0 Å². The van der Waals surface area contributed by atoms with Gasteiger partial charge in [-0.3, -0.25) is 4.79 Å². The van der Waals surface area contributed by atoms with Crippen LogP contribution in [0.25, 0.3) is 11.0 Å². The molecular formula is C18H20O6. The first-order valence-corrected chi connectivity index (χ1v) is 7.63. The van der Waals surface area contributed by atoms with E-state index in [1.165, 1.54) is 20.3 Å². The van der Waals surface area contributed by atoms with Crippen LogP contribution in [-0.4, -0.2) is 25.3 Å². The van der Waals surface area contributed by atoms with Gasteiger partial charge < -0.3 is 19.0 Å². The highest BCUT2D eigenvalue weighted by Gasteiger charge is 2.12. The van der Waals surface area contributed by atoms with Crippen molar-refractivity contribution < 1.29 is 23.8 Å². The number of hydrogen-bond acceptors (Lipinski definition) is 5. The predicted molar refractivity (Wildman–Crippen MR) is 89.9 cm³/mol. The maximum atomic E-state index is 12.3. The number of aryl methyl sites for hydroxylation is 1. The molecule has 0 radical (unpaired) electrons. The van der Waals surface area contributed by atoms with Crippen molar-refractivity contribution in [2.45, 2.75) is 25.7 Å². The minimum absolute atomic E-state index is 0.156. The normalized spacial score (nSPS) is 11.1. The van der Waals surface area contributed by atoms with Gasteiger partial charge in [-0.15, -0.1) is 0 Å². The van der Waals surface area contributed by atoms with Crippen LogP contribution >= 0.6 is 0 Å². The Labute approximate surface area is 139 Å². The summed E-state index contributed by atoms with van der Waals surface area (Å²) in [6.45, 7) is 0. The van der Waals surface area contributed by atoms with E-state index in [1.54, 1.807) is 18.2 Å². The van der Waals surface area contributed by atoms with Gasteiger partial charge in [-0.25, -0.2) is 4.79 Å². The van der Waals surface area contributed by atoms with E-state index in [-0.39, 0.29) is 5.43 Å². The van der Waals surface area contributed by atoms with Crippen LogP contribution in [0.2, 0.25) is 0 Å². The Kier molecular flexibility index (Phi) is 6.01. The molecule has 1 aromatic heterocycles. The molecule has 6 heteroatoms. The molecule has 0 amide bonds. The fraction of sp³-hybridized carbons (Fsp3) is 0.333. The van der Waals surface area contributed by atoms with Crippen molar-refractivity contribution in [2.24, 2.45) is 0 Å². The number of methoxy groups -OCH3 is 2. The summed E-state index contributed by atoms with van der Waals surface area (Å²) in [5.41, 5.74) is 0.274. The van der Waals surface area contributed by atoms with Crippen LogP contribution in [0.1, 0.15) is 25.0 Å². The molecule has 0 saturated heterocycles. The Morgan fingerprint density at radius 1 is 1.21 bits per heavy atom. The number of fused-ring (bicyclic) bond motifs is 1. The zero-order valence-corrected chi connectivity index (χ0v) is 13.7. The van der Waals surface area contributed by atoms with Gasteiger partial charge in [-0.1, -0.05) is 6.08 Å². The van der Waals surface area contributed by atoms with Gasteiger partial charge in [0, 0.05) is 30.7 Å². The Morgan fingerprint density at radius 3 is 2.67 bits per heavy atom. The Bertz CT molecular complexity index is 803. The van der Waals surface area contributed by atoms with E-state index < -0.39 is 5.97 Å². The number of rotatable bonds is 8. The summed E-state index contributed by atoms with van der Waals surface area (Å²) in [5, 5.41) is 8.90. The lowest BCUT2D eigenvalue weighted by Gasteiger charge is -2.09. The first-order valence-electron chi connectivity index (χ1n) is 7.63. The SMILES string of the molecule is COc1cc(OC)c2c(=O)cc(CCCCC=CC(=O)O)oc2c1. The molecule has 0 bridgehead atoms. The quantitative estimate of drug-likeness (QED) is 0.590. The number of aliphatic carboxylic acids is 1. The monoisotopic (exact) mass is 332 g/mol. The lowest BCUT2D eigenvalue weighted by molar-refractivity contribution is -0.131. The van der Waals surface area contributed by atoms with Crippen LogP contribution in [0.3, 0.4) is 0 Å². The first kappa shape index (κ1) is 17.6. The average Bonchev–Trinajstić information content (AvgIpc) is 2.56. The van der Waals surface area contributed by atoms with E-state index in [0.29, 0.717) is 41.1 Å². The third kappa shape index (κ3) is 4.38. The fourth-order valence-electron chi connectivity index (χ4n) is 2.43. The Balaban J connectivity index is 2.15. The van der Waals surface area contributed by atoms with Gasteiger partial charge in [0.05, 0.1) is 14.2 Å². The van der Waals surface area contributed by atoms with Gasteiger partial charge in [-0.2, -0.15) is 0 Å². The number of hydrogen-bond donors (Lipinski definition) is 1. The largest absolute Gasteiger partial charge is 0.496 e. The molecule has 6 nitrogen and oxygen atoms in total. The van der Waals surface area contributed by atoms with Gasteiger partial charge in [0.25, 0.3) is 0 Å². The molecule has 0 atom stereocenters. The van der Waals surface area contributed by atoms with Crippen LogP contribution in [0.15, 0.2) is 39.6 Å². The smallest absolute Gasteiger partial charge is 0.327 e. The van der Waals surface area contributed by atoms with Crippen LogP contribution in [0.5, 0.6) is 11.5 Å². The summed E-state index contributed by atoms with van der Waals surface area (Å²) in [4.78, 5) is 22.7. The van der Waals surface area contributed by atoms with Gasteiger partial charge in [-0.05, 0) is 19.3 Å². The average molecular weight is 332 g/mol. The van der Waals surface area contributed by atoms with E-state index in [2.05, 4.69) is 0 Å². The predicted octanol–water partition coefficient (Wildman–Crippen LogP) is 3.16. The highest BCUT2D eigenvalue weighted by Crippen LogP contribution is 2.29. The Hall–Kier alpha value is -2.76. The van der Waals surface area contributed by atoms with Crippen molar-refractivity contribution in [2.75, 3.05) is 14.2 Å². The van der Waals surface area contributed by atoms with Crippen molar-refractivity contribution in [3.05, 3.63) is 46.3 Å². The highest BCUT2D eigenvalue weighted by molar-refractivity contribution is 5.85. The molecule has 0 fully saturated rings. The topological polar surface area (TPSA) is 86.0 Å². The second-order valence-electron chi connectivity index (χ2n) is 5.27. The van der Waals surface area contributed by atoms with E-state index in [0.717, 1.165) is 18.9 Å². The fourth-order valence-corrected chi connectivity index (χ4v) is 2.43. The van der Waals surface area contributed by atoms with Crippen molar-refractivity contribution in [1.82, 2.24) is 0 Å². The first-order chi connectivity index (χ1) is 11.5. The third-order valence-electron chi connectivity index (χ3n) is 3.58. The highest BCUT2D eigenvalue weighted by atomic mass is 16.5. The maximum absolute atomic E-state index is 12.3. The van der Waals surface area contributed by atoms with Gasteiger partial charge in [0.15, 0.2) is 5.43 Å². The molecule has 1 aromatic carbocycles. The summed E-state index contributed by atoms with van der Waals surface area (Å²) in [5.74, 6) is 0.616. The molecule has 0 unspecified atom stereocenters. The van der Waals surface area contributed by atoms with Crippen molar-refractivity contribution in [3.8, 4) is 11.5 Å². The van der Waals surface area contributed by atoms with Crippen molar-refractivity contribution >= 4 is 16.9 Å². The zero-order chi connectivity index (χ0) is 17.5. The number of allylic oxidation sites excluding steroid dienone is 1. The standard InChI is InChI=1S/C18H20O6/c1-22-13-10-15(23-2)18-14(19)9-12(24-16(18)11-13)7-5-3-4-6-8-17(20)21/h6,8-11H,3-5,7H2,1-2H3,(H,20,21). The van der Waals surface area contributed by atoms with Crippen LogP contribution in [0, 0.1) is 0 Å². The summed E-state index contributed by atoms with van der Waals surface area (Å²) < 4.78 is 16.2. The maximum Gasteiger partial charge on any atom is 0.327 e. The van der Waals surface area contributed by atoms with E-state index >= 15 is 0 Å². The van der Waals surface area contributed by atoms with Crippen LogP contribution < -0.4 is 14.9 Å².